The van der Waals surface area contributed by atoms with Crippen LogP contribution < -0.4 is 0 Å². The molecule has 1 amide bonds. The number of carbonyl (C=O) groups excluding carboxylic acids is 1. The summed E-state index contributed by atoms with van der Waals surface area (Å²) in [7, 11) is 0. The molecule has 36 heavy (non-hydrogen) atoms. The van der Waals surface area contributed by atoms with Gasteiger partial charge in [-0.25, -0.2) is 14.0 Å². The standard InChI is InChI=1S/C22H22FN3O2.C4H4O4/c23-18-5-6-19-20(11-18)28-24-22(19)15-7-9-25(10-8-15)14-21(27)26-12-16-3-1-2-4-17(16)13-26;5-3(6)1-2-4(7)8/h1-6,11,15H,7-10,12-14H2;1-2H,(H,5,6)(H,7,8)/b;2-1+. The highest BCUT2D eigenvalue weighted by Gasteiger charge is 2.28. The number of benzene rings is 2. The number of piperidine rings is 1. The zero-order valence-electron chi connectivity index (χ0n) is 19.5. The fourth-order valence-electron chi connectivity index (χ4n) is 4.53. The van der Waals surface area contributed by atoms with E-state index in [4.69, 9.17) is 14.7 Å². The molecule has 0 bridgehead atoms. The van der Waals surface area contributed by atoms with Crippen molar-refractivity contribution in [2.45, 2.75) is 31.8 Å². The molecule has 3 aromatic rings. The number of rotatable bonds is 5. The quantitative estimate of drug-likeness (QED) is 0.516. The van der Waals surface area contributed by atoms with E-state index in [1.807, 2.05) is 17.0 Å². The Hall–Kier alpha value is -4.05. The van der Waals surface area contributed by atoms with Crippen LogP contribution in [0.15, 0.2) is 59.1 Å². The van der Waals surface area contributed by atoms with E-state index in [2.05, 4.69) is 22.2 Å². The Kier molecular flexibility index (Phi) is 7.74. The monoisotopic (exact) mass is 495 g/mol. The topological polar surface area (TPSA) is 124 Å². The minimum absolute atomic E-state index is 0.192. The molecule has 188 valence electrons. The molecule has 2 N–H and O–H groups in total. The molecule has 2 aliphatic heterocycles. The van der Waals surface area contributed by atoms with E-state index in [1.165, 1.54) is 23.3 Å². The molecule has 1 fully saturated rings. The van der Waals surface area contributed by atoms with Gasteiger partial charge >= 0.3 is 11.9 Å². The van der Waals surface area contributed by atoms with Gasteiger partial charge in [-0.1, -0.05) is 29.4 Å². The van der Waals surface area contributed by atoms with Gasteiger partial charge in [0.25, 0.3) is 0 Å². The van der Waals surface area contributed by atoms with Gasteiger partial charge in [0, 0.05) is 42.6 Å². The Morgan fingerprint density at radius 2 is 1.61 bits per heavy atom. The van der Waals surface area contributed by atoms with Gasteiger partial charge in [0.05, 0.1) is 12.2 Å². The molecule has 0 saturated carbocycles. The minimum atomic E-state index is -1.26. The number of nitrogens with zero attached hydrogens (tertiary/aromatic N) is 3. The molecule has 3 heterocycles. The third-order valence-electron chi connectivity index (χ3n) is 6.36. The van der Waals surface area contributed by atoms with Crippen LogP contribution in [0.1, 0.15) is 35.6 Å². The molecule has 0 radical (unpaired) electrons. The van der Waals surface area contributed by atoms with E-state index in [9.17, 15) is 18.8 Å². The van der Waals surface area contributed by atoms with Crippen molar-refractivity contribution in [2.75, 3.05) is 19.6 Å². The average Bonchev–Trinajstić information content (AvgIpc) is 3.48. The van der Waals surface area contributed by atoms with Crippen molar-refractivity contribution in [3.63, 3.8) is 0 Å². The van der Waals surface area contributed by atoms with Gasteiger partial charge in [0.1, 0.15) is 5.82 Å². The second-order valence-corrected chi connectivity index (χ2v) is 8.79. The number of fused-ring (bicyclic) bond motifs is 2. The van der Waals surface area contributed by atoms with E-state index in [0.29, 0.717) is 37.4 Å². The van der Waals surface area contributed by atoms with Crippen LogP contribution >= 0.6 is 0 Å². The first-order chi connectivity index (χ1) is 17.3. The lowest BCUT2D eigenvalue weighted by molar-refractivity contribution is -0.134. The van der Waals surface area contributed by atoms with E-state index < -0.39 is 11.9 Å². The van der Waals surface area contributed by atoms with Crippen molar-refractivity contribution in [2.24, 2.45) is 0 Å². The van der Waals surface area contributed by atoms with Crippen LogP contribution in [0.4, 0.5) is 4.39 Å². The third kappa shape index (κ3) is 6.14. The highest BCUT2D eigenvalue weighted by molar-refractivity contribution is 5.89. The molecule has 0 aliphatic carbocycles. The maximum absolute atomic E-state index is 13.3. The highest BCUT2D eigenvalue weighted by Crippen LogP contribution is 2.33. The van der Waals surface area contributed by atoms with Crippen molar-refractivity contribution >= 4 is 28.8 Å². The molecule has 2 aliphatic rings. The van der Waals surface area contributed by atoms with Crippen molar-refractivity contribution in [3.8, 4) is 0 Å². The first-order valence-corrected chi connectivity index (χ1v) is 11.6. The molecular weight excluding hydrogens is 469 g/mol. The van der Waals surface area contributed by atoms with E-state index >= 15 is 0 Å². The van der Waals surface area contributed by atoms with Crippen molar-refractivity contribution in [1.82, 2.24) is 15.0 Å². The van der Waals surface area contributed by atoms with E-state index in [-0.39, 0.29) is 17.6 Å². The number of aromatic nitrogens is 1. The number of aliphatic carboxylic acids is 2. The fourth-order valence-corrected chi connectivity index (χ4v) is 4.53. The molecule has 0 spiro atoms. The Balaban J connectivity index is 0.000000331. The maximum Gasteiger partial charge on any atom is 0.328 e. The predicted octanol–water partition coefficient (Wildman–Crippen LogP) is 3.40. The molecule has 9 nitrogen and oxygen atoms in total. The number of hydrogen-bond donors (Lipinski definition) is 2. The minimum Gasteiger partial charge on any atom is -0.478 e. The molecule has 10 heteroatoms. The summed E-state index contributed by atoms with van der Waals surface area (Å²) >= 11 is 0. The molecule has 5 rings (SSSR count). The second kappa shape index (κ2) is 11.1. The Labute approximate surface area is 206 Å². The smallest absolute Gasteiger partial charge is 0.328 e. The second-order valence-electron chi connectivity index (χ2n) is 8.79. The first-order valence-electron chi connectivity index (χ1n) is 11.6. The third-order valence-corrected chi connectivity index (χ3v) is 6.36. The van der Waals surface area contributed by atoms with Gasteiger partial charge in [0.15, 0.2) is 5.58 Å². The van der Waals surface area contributed by atoms with Crippen LogP contribution in [0.2, 0.25) is 0 Å². The molecule has 0 unspecified atom stereocenters. The number of carboxylic acids is 2. The van der Waals surface area contributed by atoms with Gasteiger partial charge < -0.3 is 19.6 Å². The number of carboxylic acid groups (broad SMARTS) is 2. The molecule has 1 saturated heterocycles. The Morgan fingerprint density at radius 3 is 2.19 bits per heavy atom. The van der Waals surface area contributed by atoms with Gasteiger partial charge in [-0.15, -0.1) is 0 Å². The van der Waals surface area contributed by atoms with Crippen LogP contribution in [0.3, 0.4) is 0 Å². The van der Waals surface area contributed by atoms with Crippen LogP contribution in [0, 0.1) is 5.82 Å². The predicted molar refractivity (Wildman–Crippen MR) is 127 cm³/mol. The summed E-state index contributed by atoms with van der Waals surface area (Å²) in [5.41, 5.74) is 3.92. The Morgan fingerprint density at radius 1 is 1.00 bits per heavy atom. The summed E-state index contributed by atoms with van der Waals surface area (Å²) in [6.07, 6.45) is 2.96. The van der Waals surface area contributed by atoms with Gasteiger partial charge in [-0.05, 0) is 49.2 Å². The normalized spacial score (nSPS) is 16.1. The lowest BCUT2D eigenvalue weighted by Gasteiger charge is -2.31. The molecule has 2 aromatic carbocycles. The lowest BCUT2D eigenvalue weighted by Crippen LogP contribution is -2.41. The Bertz CT molecular complexity index is 1250. The highest BCUT2D eigenvalue weighted by atomic mass is 19.1. The SMILES string of the molecule is O=C(CN1CCC(c2noc3cc(F)ccc23)CC1)N1Cc2ccccc2C1.O=C(O)/C=C/C(=O)O. The zero-order valence-corrected chi connectivity index (χ0v) is 19.5. The number of hydrogen-bond acceptors (Lipinski definition) is 6. The number of amides is 1. The zero-order chi connectivity index (χ0) is 25.7. The van der Waals surface area contributed by atoms with Crippen molar-refractivity contribution in [1.29, 1.82) is 0 Å². The van der Waals surface area contributed by atoms with Crippen molar-refractivity contribution < 1.29 is 33.5 Å². The molecule has 0 atom stereocenters. The molecule has 1 aromatic heterocycles. The summed E-state index contributed by atoms with van der Waals surface area (Å²) in [4.78, 5) is 36.0. The van der Waals surface area contributed by atoms with Gasteiger partial charge in [-0.2, -0.15) is 0 Å². The number of halogens is 1. The van der Waals surface area contributed by atoms with Crippen LogP contribution in [-0.4, -0.2) is 62.6 Å². The summed E-state index contributed by atoms with van der Waals surface area (Å²) in [5.74, 6) is -2.35. The van der Waals surface area contributed by atoms with E-state index in [0.717, 1.165) is 37.0 Å². The van der Waals surface area contributed by atoms with Gasteiger partial charge in [-0.3, -0.25) is 9.69 Å². The van der Waals surface area contributed by atoms with Crippen LogP contribution in [0.25, 0.3) is 11.0 Å². The fraction of sp³-hybridized carbons (Fsp3) is 0.308. The summed E-state index contributed by atoms with van der Waals surface area (Å²) in [5, 5.41) is 20.7. The lowest BCUT2D eigenvalue weighted by atomic mass is 9.91. The number of likely N-dealkylation sites (tertiary alicyclic amines) is 1. The van der Waals surface area contributed by atoms with Crippen LogP contribution in [0.5, 0.6) is 0 Å². The average molecular weight is 496 g/mol. The van der Waals surface area contributed by atoms with Crippen LogP contribution in [-0.2, 0) is 27.5 Å². The summed E-state index contributed by atoms with van der Waals surface area (Å²) in [6, 6.07) is 12.8. The van der Waals surface area contributed by atoms with Crippen molar-refractivity contribution in [3.05, 3.63) is 77.3 Å². The molecular formula is C26H26FN3O6. The van der Waals surface area contributed by atoms with Gasteiger partial charge in [0.2, 0.25) is 5.91 Å². The summed E-state index contributed by atoms with van der Waals surface area (Å²) < 4.78 is 18.7. The first kappa shape index (κ1) is 25.1. The maximum atomic E-state index is 13.3. The summed E-state index contributed by atoms with van der Waals surface area (Å²) in [6.45, 7) is 3.60. The number of carbonyl (C=O) groups is 3. The largest absolute Gasteiger partial charge is 0.478 e. The van der Waals surface area contributed by atoms with E-state index in [1.54, 1.807) is 6.07 Å².